The van der Waals surface area contributed by atoms with Crippen molar-refractivity contribution in [3.8, 4) is 0 Å². The average molecular weight is 238 g/mol. The van der Waals surface area contributed by atoms with Gasteiger partial charge in [-0.15, -0.1) is 0 Å². The number of esters is 1. The van der Waals surface area contributed by atoms with Crippen LogP contribution in [0.2, 0.25) is 0 Å². The molecule has 3 nitrogen and oxygen atoms in total. The van der Waals surface area contributed by atoms with Crippen LogP contribution in [-0.2, 0) is 14.3 Å². The first-order chi connectivity index (χ1) is 7.18. The lowest BCUT2D eigenvalue weighted by Crippen LogP contribution is -2.33. The van der Waals surface area contributed by atoms with Crippen LogP contribution in [0, 0.1) is 5.92 Å². The van der Waals surface area contributed by atoms with Crippen LogP contribution in [0.1, 0.15) is 20.3 Å². The van der Waals surface area contributed by atoms with Crippen LogP contribution < -0.4 is 0 Å². The molecule has 1 atom stereocenters. The first kappa shape index (κ1) is 14.7. The van der Waals surface area contributed by atoms with Gasteiger partial charge in [-0.25, -0.2) is 0 Å². The lowest BCUT2D eigenvalue weighted by molar-refractivity contribution is -0.197. The molecule has 0 fully saturated rings. The Morgan fingerprint density at radius 2 is 1.81 bits per heavy atom. The summed E-state index contributed by atoms with van der Waals surface area (Å²) in [4.78, 5) is 22.0. The van der Waals surface area contributed by atoms with E-state index in [1.807, 2.05) is 0 Å². The number of carbonyl (C=O) groups excluding carboxylic acids is 2. The standard InChI is InChI=1S/C10H13F3O3/c1-6(2)4-7(14)5-8(9(15)16-3)10(11,12)13/h4,8H,5H2,1-3H3. The second-order valence-electron chi connectivity index (χ2n) is 3.51. The SMILES string of the molecule is COC(=O)C(CC(=O)C=C(C)C)C(F)(F)F. The first-order valence-corrected chi connectivity index (χ1v) is 4.50. The summed E-state index contributed by atoms with van der Waals surface area (Å²) in [5.74, 6) is -4.57. The lowest BCUT2D eigenvalue weighted by atomic mass is 10.0. The number of hydrogen-bond acceptors (Lipinski definition) is 3. The smallest absolute Gasteiger partial charge is 0.402 e. The Balaban J connectivity index is 4.77. The summed E-state index contributed by atoms with van der Waals surface area (Å²) in [6, 6.07) is 0. The van der Waals surface area contributed by atoms with E-state index < -0.39 is 30.3 Å². The number of ether oxygens (including phenoxy) is 1. The van der Waals surface area contributed by atoms with Gasteiger partial charge in [-0.2, -0.15) is 13.2 Å². The second-order valence-corrected chi connectivity index (χ2v) is 3.51. The Morgan fingerprint density at radius 1 is 1.31 bits per heavy atom. The molecule has 1 unspecified atom stereocenters. The monoisotopic (exact) mass is 238 g/mol. The fourth-order valence-electron chi connectivity index (χ4n) is 1.06. The zero-order valence-corrected chi connectivity index (χ0v) is 9.22. The molecule has 0 radical (unpaired) electrons. The van der Waals surface area contributed by atoms with E-state index in [0.29, 0.717) is 5.57 Å². The van der Waals surface area contributed by atoms with Gasteiger partial charge in [-0.05, 0) is 19.9 Å². The van der Waals surface area contributed by atoms with Crippen molar-refractivity contribution < 1.29 is 27.5 Å². The Hall–Kier alpha value is -1.33. The van der Waals surface area contributed by atoms with Crippen LogP contribution in [0.3, 0.4) is 0 Å². The highest BCUT2D eigenvalue weighted by atomic mass is 19.4. The van der Waals surface area contributed by atoms with Crippen molar-refractivity contribution >= 4 is 11.8 Å². The lowest BCUT2D eigenvalue weighted by Gasteiger charge is -2.16. The molecular formula is C10H13F3O3. The summed E-state index contributed by atoms with van der Waals surface area (Å²) in [5, 5.41) is 0. The van der Waals surface area contributed by atoms with Crippen LogP contribution in [0.15, 0.2) is 11.6 Å². The molecule has 0 heterocycles. The number of allylic oxidation sites excluding steroid dienone is 2. The Kier molecular flexibility index (Phi) is 5.20. The summed E-state index contributed by atoms with van der Waals surface area (Å²) in [6.07, 6.45) is -4.61. The van der Waals surface area contributed by atoms with Crippen LogP contribution in [-0.4, -0.2) is 25.0 Å². The molecule has 0 aliphatic carbocycles. The van der Waals surface area contributed by atoms with Gasteiger partial charge in [0.2, 0.25) is 0 Å². The number of methoxy groups -OCH3 is 1. The van der Waals surface area contributed by atoms with Crippen molar-refractivity contribution in [2.75, 3.05) is 7.11 Å². The molecule has 0 N–H and O–H groups in total. The summed E-state index contributed by atoms with van der Waals surface area (Å²) in [6.45, 7) is 3.16. The second kappa shape index (κ2) is 5.67. The highest BCUT2D eigenvalue weighted by molar-refractivity contribution is 5.93. The molecule has 0 bridgehead atoms. The molecule has 0 rings (SSSR count). The third kappa shape index (κ3) is 4.95. The van der Waals surface area contributed by atoms with E-state index in [0.717, 1.165) is 13.2 Å². The summed E-state index contributed by atoms with van der Waals surface area (Å²) >= 11 is 0. The number of ketones is 1. The minimum atomic E-state index is -4.77. The Labute approximate surface area is 91.3 Å². The molecule has 0 aromatic rings. The van der Waals surface area contributed by atoms with E-state index in [-0.39, 0.29) is 0 Å². The van der Waals surface area contributed by atoms with Gasteiger partial charge in [0, 0.05) is 6.42 Å². The molecule has 0 saturated heterocycles. The van der Waals surface area contributed by atoms with Gasteiger partial charge >= 0.3 is 12.1 Å². The van der Waals surface area contributed by atoms with Gasteiger partial charge < -0.3 is 4.74 Å². The normalized spacial score (nSPS) is 12.9. The van der Waals surface area contributed by atoms with Crippen LogP contribution >= 0.6 is 0 Å². The van der Waals surface area contributed by atoms with Crippen molar-refractivity contribution in [2.45, 2.75) is 26.4 Å². The minimum absolute atomic E-state index is 0.579. The van der Waals surface area contributed by atoms with Gasteiger partial charge in [-0.1, -0.05) is 5.57 Å². The summed E-state index contributed by atoms with van der Waals surface area (Å²) in [5.41, 5.74) is 0.579. The zero-order valence-electron chi connectivity index (χ0n) is 9.22. The maximum Gasteiger partial charge on any atom is 0.402 e. The number of carbonyl (C=O) groups is 2. The summed E-state index contributed by atoms with van der Waals surface area (Å²) in [7, 11) is 0.854. The van der Waals surface area contributed by atoms with E-state index in [4.69, 9.17) is 0 Å². The third-order valence-corrected chi connectivity index (χ3v) is 1.74. The van der Waals surface area contributed by atoms with Gasteiger partial charge in [-0.3, -0.25) is 9.59 Å². The van der Waals surface area contributed by atoms with Crippen LogP contribution in [0.5, 0.6) is 0 Å². The average Bonchev–Trinajstić information content (AvgIpc) is 2.10. The molecule has 16 heavy (non-hydrogen) atoms. The van der Waals surface area contributed by atoms with Gasteiger partial charge in [0.1, 0.15) is 0 Å². The van der Waals surface area contributed by atoms with E-state index in [1.165, 1.54) is 0 Å². The molecule has 0 aromatic carbocycles. The molecule has 92 valence electrons. The number of alkyl halides is 3. The largest absolute Gasteiger partial charge is 0.469 e. The Morgan fingerprint density at radius 3 is 2.12 bits per heavy atom. The summed E-state index contributed by atoms with van der Waals surface area (Å²) < 4.78 is 41.2. The third-order valence-electron chi connectivity index (χ3n) is 1.74. The maximum absolute atomic E-state index is 12.4. The van der Waals surface area contributed by atoms with Crippen LogP contribution in [0.4, 0.5) is 13.2 Å². The molecule has 6 heteroatoms. The van der Waals surface area contributed by atoms with Crippen LogP contribution in [0.25, 0.3) is 0 Å². The highest BCUT2D eigenvalue weighted by Crippen LogP contribution is 2.30. The number of rotatable bonds is 4. The van der Waals surface area contributed by atoms with Gasteiger partial charge in [0.15, 0.2) is 11.7 Å². The maximum atomic E-state index is 12.4. The predicted molar refractivity (Wildman–Crippen MR) is 50.6 cm³/mol. The van der Waals surface area contributed by atoms with Crippen molar-refractivity contribution in [3.05, 3.63) is 11.6 Å². The first-order valence-electron chi connectivity index (χ1n) is 4.50. The van der Waals surface area contributed by atoms with E-state index in [1.54, 1.807) is 13.8 Å². The fourth-order valence-corrected chi connectivity index (χ4v) is 1.06. The molecule has 0 amide bonds. The van der Waals surface area contributed by atoms with E-state index >= 15 is 0 Å². The van der Waals surface area contributed by atoms with Crippen molar-refractivity contribution in [1.82, 2.24) is 0 Å². The molecule has 0 saturated carbocycles. The zero-order chi connectivity index (χ0) is 12.9. The quantitative estimate of drug-likeness (QED) is 0.557. The van der Waals surface area contributed by atoms with E-state index in [2.05, 4.69) is 4.74 Å². The highest BCUT2D eigenvalue weighted by Gasteiger charge is 2.46. The van der Waals surface area contributed by atoms with Crippen molar-refractivity contribution in [2.24, 2.45) is 5.92 Å². The van der Waals surface area contributed by atoms with Gasteiger partial charge in [0.25, 0.3) is 0 Å². The topological polar surface area (TPSA) is 43.4 Å². The van der Waals surface area contributed by atoms with Crippen molar-refractivity contribution in [3.63, 3.8) is 0 Å². The molecular weight excluding hydrogens is 225 g/mol. The predicted octanol–water partition coefficient (Wildman–Crippen LogP) is 2.26. The Bertz CT molecular complexity index is 301. The molecule has 0 aliphatic heterocycles. The number of hydrogen-bond donors (Lipinski definition) is 0. The molecule has 0 aromatic heterocycles. The minimum Gasteiger partial charge on any atom is -0.469 e. The number of halogens is 3. The fraction of sp³-hybridized carbons (Fsp3) is 0.600. The van der Waals surface area contributed by atoms with E-state index in [9.17, 15) is 22.8 Å². The molecule has 0 spiro atoms. The molecule has 0 aliphatic rings. The van der Waals surface area contributed by atoms with Crippen molar-refractivity contribution in [1.29, 1.82) is 0 Å². The van der Waals surface area contributed by atoms with Gasteiger partial charge in [0.05, 0.1) is 7.11 Å².